The fourth-order valence-electron chi connectivity index (χ4n) is 4.46. The smallest absolute Gasteiger partial charge is 0.416 e. The van der Waals surface area contributed by atoms with Crippen molar-refractivity contribution in [1.82, 2.24) is 19.6 Å². The normalized spacial score (nSPS) is 16.5. The van der Waals surface area contributed by atoms with Crippen molar-refractivity contribution in [2.75, 3.05) is 18.9 Å². The van der Waals surface area contributed by atoms with Gasteiger partial charge in [0, 0.05) is 30.6 Å². The van der Waals surface area contributed by atoms with E-state index in [1.807, 2.05) is 0 Å². The first-order valence-corrected chi connectivity index (χ1v) is 13.5. The minimum Gasteiger partial charge on any atom is -0.443 e. The van der Waals surface area contributed by atoms with Gasteiger partial charge in [-0.1, -0.05) is 30.3 Å². The second kappa shape index (κ2) is 10.3. The second-order valence-electron chi connectivity index (χ2n) is 8.99. The van der Waals surface area contributed by atoms with E-state index in [-0.39, 0.29) is 24.1 Å². The summed E-state index contributed by atoms with van der Waals surface area (Å²) in [6.07, 6.45) is -3.61. The van der Waals surface area contributed by atoms with E-state index < -0.39 is 33.7 Å². The van der Waals surface area contributed by atoms with Gasteiger partial charge in [0.15, 0.2) is 0 Å². The molecule has 4 aromatic rings. The first-order chi connectivity index (χ1) is 18.6. The number of nitrogens with zero attached hydrogens (tertiary/aromatic N) is 3. The lowest BCUT2D eigenvalue weighted by atomic mass is 10.1. The van der Waals surface area contributed by atoms with Crippen molar-refractivity contribution in [1.29, 1.82) is 0 Å². The highest BCUT2D eigenvalue weighted by molar-refractivity contribution is 7.89. The molecule has 5 rings (SSSR count). The number of hydrogen-bond donors (Lipinski definition) is 2. The monoisotopic (exact) mass is 559 g/mol. The summed E-state index contributed by atoms with van der Waals surface area (Å²) in [5, 5.41) is 5.96. The summed E-state index contributed by atoms with van der Waals surface area (Å²) >= 11 is 0. The van der Waals surface area contributed by atoms with Gasteiger partial charge in [0.05, 0.1) is 23.5 Å². The van der Waals surface area contributed by atoms with Gasteiger partial charge >= 0.3 is 6.18 Å². The number of furan rings is 1. The zero-order valence-corrected chi connectivity index (χ0v) is 21.5. The number of anilines is 1. The van der Waals surface area contributed by atoms with Crippen LogP contribution in [-0.4, -0.2) is 48.2 Å². The minimum atomic E-state index is -4.46. The molecule has 0 radical (unpaired) electrons. The van der Waals surface area contributed by atoms with E-state index in [9.17, 15) is 26.4 Å². The van der Waals surface area contributed by atoms with E-state index in [0.717, 1.165) is 16.4 Å². The Balaban J connectivity index is 1.32. The van der Waals surface area contributed by atoms with E-state index in [1.54, 1.807) is 37.4 Å². The third-order valence-corrected chi connectivity index (χ3v) is 8.19. The standard InChI is InChI=1S/C26H24F3N5O4S/c1-30-25-32-19(14-20(33-25)16-8-10-18(11-9-16)26(27,28)29)15-31-24(35)21-6-4-12-34(21)39(36,37)23-13-17-5-2-3-7-22(17)38-23/h2-3,5,7-11,13-14,21H,4,6,12,15H2,1H3,(H,31,35)(H,30,32,33)/t21-/m0/s1. The van der Waals surface area contributed by atoms with Crippen LogP contribution >= 0.6 is 0 Å². The largest absolute Gasteiger partial charge is 0.443 e. The highest BCUT2D eigenvalue weighted by Crippen LogP contribution is 2.32. The van der Waals surface area contributed by atoms with Crippen molar-refractivity contribution >= 4 is 32.8 Å². The van der Waals surface area contributed by atoms with Crippen LogP contribution < -0.4 is 10.6 Å². The van der Waals surface area contributed by atoms with Gasteiger partial charge in [0.2, 0.25) is 16.9 Å². The fraction of sp³-hybridized carbons (Fsp3) is 0.269. The molecule has 1 atom stereocenters. The van der Waals surface area contributed by atoms with Gasteiger partial charge in [-0.15, -0.1) is 0 Å². The Morgan fingerprint density at radius 2 is 1.85 bits per heavy atom. The summed E-state index contributed by atoms with van der Waals surface area (Å²) in [6, 6.07) is 13.6. The molecule has 1 amide bonds. The third kappa shape index (κ3) is 5.45. The first kappa shape index (κ1) is 26.6. The summed E-state index contributed by atoms with van der Waals surface area (Å²) in [4.78, 5) is 21.7. The minimum absolute atomic E-state index is 0.0430. The van der Waals surface area contributed by atoms with E-state index in [4.69, 9.17) is 4.42 Å². The molecule has 39 heavy (non-hydrogen) atoms. The van der Waals surface area contributed by atoms with Crippen LogP contribution in [-0.2, 0) is 27.5 Å². The number of fused-ring (bicyclic) bond motifs is 1. The number of rotatable bonds is 7. The number of amides is 1. The van der Waals surface area contributed by atoms with Crippen LogP contribution in [0.25, 0.3) is 22.2 Å². The molecule has 1 fully saturated rings. The molecule has 0 spiro atoms. The molecule has 3 heterocycles. The van der Waals surface area contributed by atoms with Crippen molar-refractivity contribution in [3.05, 3.63) is 71.9 Å². The van der Waals surface area contributed by atoms with Gasteiger partial charge < -0.3 is 15.1 Å². The maximum Gasteiger partial charge on any atom is 0.416 e. The number of benzene rings is 2. The Kier molecular flexibility index (Phi) is 7.03. The van der Waals surface area contributed by atoms with Crippen molar-refractivity contribution in [3.8, 4) is 11.3 Å². The molecule has 1 aliphatic rings. The Morgan fingerprint density at radius 1 is 1.10 bits per heavy atom. The first-order valence-electron chi connectivity index (χ1n) is 12.1. The number of sulfonamides is 1. The van der Waals surface area contributed by atoms with Crippen LogP contribution in [0.15, 0.2) is 70.2 Å². The zero-order chi connectivity index (χ0) is 27.8. The quantitative estimate of drug-likeness (QED) is 0.344. The van der Waals surface area contributed by atoms with Crippen molar-refractivity contribution in [2.45, 2.75) is 36.7 Å². The lowest BCUT2D eigenvalue weighted by Gasteiger charge is -2.22. The molecular formula is C26H24F3N5O4S. The highest BCUT2D eigenvalue weighted by atomic mass is 32.2. The average molecular weight is 560 g/mol. The van der Waals surface area contributed by atoms with E-state index >= 15 is 0 Å². The number of carbonyl (C=O) groups excluding carboxylic acids is 1. The van der Waals surface area contributed by atoms with Gasteiger partial charge in [-0.2, -0.15) is 17.5 Å². The molecule has 204 valence electrons. The number of carbonyl (C=O) groups is 1. The Hall–Kier alpha value is -3.97. The third-order valence-electron chi connectivity index (χ3n) is 6.43. The number of alkyl halides is 3. The van der Waals surface area contributed by atoms with Gasteiger partial charge in [-0.3, -0.25) is 4.79 Å². The molecule has 0 saturated carbocycles. The summed E-state index contributed by atoms with van der Waals surface area (Å²) < 4.78 is 72.1. The highest BCUT2D eigenvalue weighted by Gasteiger charge is 2.41. The summed E-state index contributed by atoms with van der Waals surface area (Å²) in [5.74, 6) is -0.278. The number of para-hydroxylation sites is 1. The summed E-state index contributed by atoms with van der Waals surface area (Å²) in [5.41, 5.74) is 0.850. The number of hydrogen-bond acceptors (Lipinski definition) is 7. The maximum atomic E-state index is 13.3. The molecule has 0 unspecified atom stereocenters. The SMILES string of the molecule is CNc1nc(CNC(=O)[C@@H]2CCCN2S(=O)(=O)c2cc3ccccc3o2)cc(-c2ccc(C(F)(F)F)cc2)n1. The van der Waals surface area contributed by atoms with Gasteiger partial charge in [0.1, 0.15) is 11.6 Å². The van der Waals surface area contributed by atoms with Gasteiger partial charge in [0.25, 0.3) is 10.0 Å². The molecule has 13 heteroatoms. The molecule has 0 aliphatic carbocycles. The number of nitrogens with one attached hydrogen (secondary N) is 2. The molecule has 2 aromatic carbocycles. The van der Waals surface area contributed by atoms with E-state index in [2.05, 4.69) is 20.6 Å². The Bertz CT molecular complexity index is 1590. The van der Waals surface area contributed by atoms with Crippen LogP contribution in [0.1, 0.15) is 24.1 Å². The molecule has 1 saturated heterocycles. The molecule has 2 N–H and O–H groups in total. The van der Waals surface area contributed by atoms with Crippen LogP contribution in [0, 0.1) is 0 Å². The molecule has 9 nitrogen and oxygen atoms in total. The maximum absolute atomic E-state index is 13.3. The van der Waals surface area contributed by atoms with Crippen LogP contribution in [0.2, 0.25) is 0 Å². The van der Waals surface area contributed by atoms with Crippen LogP contribution in [0.3, 0.4) is 0 Å². The van der Waals surface area contributed by atoms with Crippen molar-refractivity contribution in [2.24, 2.45) is 0 Å². The molecule has 1 aliphatic heterocycles. The lowest BCUT2D eigenvalue weighted by Crippen LogP contribution is -2.45. The number of aromatic nitrogens is 2. The van der Waals surface area contributed by atoms with Crippen LogP contribution in [0.5, 0.6) is 0 Å². The van der Waals surface area contributed by atoms with E-state index in [1.165, 1.54) is 18.2 Å². The summed E-state index contributed by atoms with van der Waals surface area (Å²) in [7, 11) is -2.46. The topological polar surface area (TPSA) is 117 Å². The van der Waals surface area contributed by atoms with E-state index in [0.29, 0.717) is 40.8 Å². The number of halogens is 3. The summed E-state index contributed by atoms with van der Waals surface area (Å²) in [6.45, 7) is 0.131. The molecule has 2 aromatic heterocycles. The van der Waals surface area contributed by atoms with Gasteiger partial charge in [-0.25, -0.2) is 18.4 Å². The Morgan fingerprint density at radius 3 is 2.54 bits per heavy atom. The Labute approximate surface area is 222 Å². The lowest BCUT2D eigenvalue weighted by molar-refractivity contribution is -0.137. The molecular weight excluding hydrogens is 535 g/mol. The zero-order valence-electron chi connectivity index (χ0n) is 20.7. The fourth-order valence-corrected chi connectivity index (χ4v) is 6.07. The predicted octanol–water partition coefficient (Wildman–Crippen LogP) is 4.42. The van der Waals surface area contributed by atoms with Crippen molar-refractivity contribution < 1.29 is 30.8 Å². The predicted molar refractivity (Wildman–Crippen MR) is 137 cm³/mol. The van der Waals surface area contributed by atoms with Crippen LogP contribution in [0.4, 0.5) is 19.1 Å². The van der Waals surface area contributed by atoms with Crippen molar-refractivity contribution in [3.63, 3.8) is 0 Å². The average Bonchev–Trinajstić information content (AvgIpc) is 3.60. The second-order valence-corrected chi connectivity index (χ2v) is 10.8. The van der Waals surface area contributed by atoms with Gasteiger partial charge in [-0.05, 0) is 37.1 Å². The molecule has 0 bridgehead atoms.